The molecule has 0 rings (SSSR count). The molecule has 0 aliphatic rings. The molecule has 0 aromatic carbocycles. The summed E-state index contributed by atoms with van der Waals surface area (Å²) in [5, 5.41) is 9.12. The first-order valence-electron chi connectivity index (χ1n) is 6.20. The molecule has 0 heterocycles. The van der Waals surface area contributed by atoms with Gasteiger partial charge < -0.3 is 9.59 Å². The number of quaternary nitrogens is 1. The van der Waals surface area contributed by atoms with Crippen LogP contribution in [0.5, 0.6) is 0 Å². The average molecular weight is 202 g/mol. The zero-order chi connectivity index (χ0) is 10.9. The highest BCUT2D eigenvalue weighted by Crippen LogP contribution is 2.11. The number of rotatable bonds is 9. The predicted molar refractivity (Wildman–Crippen MR) is 62.3 cm³/mol. The Bertz CT molecular complexity index is 117. The van der Waals surface area contributed by atoms with Crippen molar-refractivity contribution in [3.63, 3.8) is 0 Å². The summed E-state index contributed by atoms with van der Waals surface area (Å²) in [6.07, 6.45) is 5.10. The molecule has 0 spiro atoms. The van der Waals surface area contributed by atoms with E-state index in [1.807, 2.05) is 0 Å². The molecule has 0 amide bonds. The van der Waals surface area contributed by atoms with Crippen LogP contribution >= 0.6 is 0 Å². The van der Waals surface area contributed by atoms with Crippen LogP contribution in [0.3, 0.4) is 0 Å². The van der Waals surface area contributed by atoms with Gasteiger partial charge in [0.1, 0.15) is 6.54 Å². The van der Waals surface area contributed by atoms with Crippen molar-refractivity contribution in [2.45, 2.75) is 46.5 Å². The summed E-state index contributed by atoms with van der Waals surface area (Å²) < 4.78 is 1.12. The van der Waals surface area contributed by atoms with Crippen molar-refractivity contribution in [2.24, 2.45) is 0 Å². The monoisotopic (exact) mass is 202 g/mol. The third-order valence-corrected chi connectivity index (χ3v) is 3.22. The van der Waals surface area contributed by atoms with Crippen LogP contribution in [-0.4, -0.2) is 42.4 Å². The quantitative estimate of drug-likeness (QED) is 0.569. The molecule has 0 atom stereocenters. The third-order valence-electron chi connectivity index (χ3n) is 3.22. The van der Waals surface area contributed by atoms with Crippen LogP contribution in [0.4, 0.5) is 0 Å². The Morgan fingerprint density at radius 3 is 1.64 bits per heavy atom. The highest BCUT2D eigenvalue weighted by molar-refractivity contribution is 4.45. The van der Waals surface area contributed by atoms with Gasteiger partial charge in [-0.15, -0.1) is 0 Å². The molecule has 0 fully saturated rings. The molecule has 0 unspecified atom stereocenters. The topological polar surface area (TPSA) is 20.2 Å². The molecule has 0 aliphatic heterocycles. The Hall–Kier alpha value is -0.0800. The smallest absolute Gasteiger partial charge is 0.102 e. The van der Waals surface area contributed by atoms with Crippen molar-refractivity contribution in [1.82, 2.24) is 0 Å². The second-order valence-corrected chi connectivity index (χ2v) is 4.26. The van der Waals surface area contributed by atoms with Crippen molar-refractivity contribution in [3.05, 3.63) is 0 Å². The first-order chi connectivity index (χ1) is 6.74. The third kappa shape index (κ3) is 4.97. The zero-order valence-electron chi connectivity index (χ0n) is 10.3. The number of aliphatic hydroxyl groups is 1. The van der Waals surface area contributed by atoms with Crippen molar-refractivity contribution >= 4 is 0 Å². The van der Waals surface area contributed by atoms with Crippen molar-refractivity contribution in [3.8, 4) is 0 Å². The maximum atomic E-state index is 9.12. The summed E-state index contributed by atoms with van der Waals surface area (Å²) in [6.45, 7) is 11.7. The van der Waals surface area contributed by atoms with Crippen LogP contribution in [0.15, 0.2) is 0 Å². The summed E-state index contributed by atoms with van der Waals surface area (Å²) in [6, 6.07) is 0. The molecular formula is C12H28NO+. The van der Waals surface area contributed by atoms with E-state index < -0.39 is 0 Å². The largest absolute Gasteiger partial charge is 0.391 e. The summed E-state index contributed by atoms with van der Waals surface area (Å²) >= 11 is 0. The van der Waals surface area contributed by atoms with E-state index in [0.717, 1.165) is 11.0 Å². The molecule has 0 bridgehead atoms. The predicted octanol–water partition coefficient (Wildman–Crippen LogP) is 2.42. The molecule has 14 heavy (non-hydrogen) atoms. The molecule has 1 N–H and O–H groups in total. The highest BCUT2D eigenvalue weighted by atomic mass is 16.3. The Morgan fingerprint density at radius 1 is 0.857 bits per heavy atom. The van der Waals surface area contributed by atoms with Gasteiger partial charge in [-0.05, 0) is 19.8 Å². The number of unbranched alkanes of at least 4 members (excludes halogenated alkanes) is 2. The summed E-state index contributed by atoms with van der Waals surface area (Å²) in [5.74, 6) is 0. The van der Waals surface area contributed by atoms with Crippen LogP contribution in [0.1, 0.15) is 46.5 Å². The van der Waals surface area contributed by atoms with Crippen LogP contribution in [-0.2, 0) is 0 Å². The van der Waals surface area contributed by atoms with Crippen molar-refractivity contribution < 1.29 is 9.59 Å². The Kier molecular flexibility index (Phi) is 8.20. The first-order valence-corrected chi connectivity index (χ1v) is 6.20. The molecule has 2 nitrogen and oxygen atoms in total. The van der Waals surface area contributed by atoms with Gasteiger partial charge in [-0.25, -0.2) is 0 Å². The molecule has 2 heteroatoms. The lowest BCUT2D eigenvalue weighted by atomic mass is 10.2. The lowest BCUT2D eigenvalue weighted by Gasteiger charge is -2.37. The van der Waals surface area contributed by atoms with Gasteiger partial charge in [0, 0.05) is 0 Å². The molecule has 0 aromatic rings. The van der Waals surface area contributed by atoms with Gasteiger partial charge in [0.2, 0.25) is 0 Å². The van der Waals surface area contributed by atoms with Crippen LogP contribution < -0.4 is 0 Å². The fourth-order valence-corrected chi connectivity index (χ4v) is 2.01. The second-order valence-electron chi connectivity index (χ2n) is 4.26. The van der Waals surface area contributed by atoms with Crippen molar-refractivity contribution in [1.29, 1.82) is 0 Å². The van der Waals surface area contributed by atoms with E-state index in [-0.39, 0.29) is 0 Å². The molecule has 86 valence electrons. The Morgan fingerprint density at radius 2 is 1.36 bits per heavy atom. The summed E-state index contributed by atoms with van der Waals surface area (Å²) in [4.78, 5) is 0. The lowest BCUT2D eigenvalue weighted by molar-refractivity contribution is -0.927. The first kappa shape index (κ1) is 13.9. The van der Waals surface area contributed by atoms with E-state index in [4.69, 9.17) is 5.11 Å². The van der Waals surface area contributed by atoms with Gasteiger partial charge in [0.15, 0.2) is 0 Å². The van der Waals surface area contributed by atoms with Gasteiger partial charge in [-0.3, -0.25) is 0 Å². The lowest BCUT2D eigenvalue weighted by Crippen LogP contribution is -2.51. The molecule has 0 saturated heterocycles. The Labute approximate surface area is 89.5 Å². The van der Waals surface area contributed by atoms with Crippen molar-refractivity contribution in [2.75, 3.05) is 32.8 Å². The fourth-order valence-electron chi connectivity index (χ4n) is 2.01. The van der Waals surface area contributed by atoms with E-state index in [9.17, 15) is 0 Å². The molecule has 0 aliphatic carbocycles. The molecule has 0 aromatic heterocycles. The van der Waals surface area contributed by atoms with E-state index in [2.05, 4.69) is 20.8 Å². The molecule has 0 radical (unpaired) electrons. The molecule has 0 saturated carbocycles. The van der Waals surface area contributed by atoms with Gasteiger partial charge in [0.25, 0.3) is 0 Å². The van der Waals surface area contributed by atoms with Crippen LogP contribution in [0, 0.1) is 0 Å². The standard InChI is InChI=1S/C12H28NO/c1-4-7-9-13(6-3,11-12-14)10-8-5-2/h14H,4-12H2,1-3H3/q+1. The minimum Gasteiger partial charge on any atom is -0.391 e. The fraction of sp³-hybridized carbons (Fsp3) is 1.00. The SMILES string of the molecule is CCCC[N+](CC)(CCO)CCCC. The number of hydrogen-bond donors (Lipinski definition) is 1. The van der Waals surface area contributed by atoms with E-state index in [0.29, 0.717) is 6.61 Å². The number of hydrogen-bond acceptors (Lipinski definition) is 1. The number of aliphatic hydroxyl groups excluding tert-OH is 1. The van der Waals surface area contributed by atoms with Gasteiger partial charge in [-0.2, -0.15) is 0 Å². The normalized spacial score (nSPS) is 12.0. The highest BCUT2D eigenvalue weighted by Gasteiger charge is 2.22. The summed E-state index contributed by atoms with van der Waals surface area (Å²) in [7, 11) is 0. The minimum atomic E-state index is 0.335. The maximum absolute atomic E-state index is 9.12. The number of likely N-dealkylation sites (N-methyl/N-ethyl adjacent to an activating group) is 1. The van der Waals surface area contributed by atoms with Gasteiger partial charge in [-0.1, -0.05) is 26.7 Å². The zero-order valence-corrected chi connectivity index (χ0v) is 10.3. The number of nitrogens with zero attached hydrogens (tertiary/aromatic N) is 1. The van der Waals surface area contributed by atoms with E-state index in [1.54, 1.807) is 0 Å². The van der Waals surface area contributed by atoms with Crippen LogP contribution in [0.25, 0.3) is 0 Å². The molecular weight excluding hydrogens is 174 g/mol. The summed E-state index contributed by atoms with van der Waals surface area (Å²) in [5.41, 5.74) is 0. The van der Waals surface area contributed by atoms with E-state index in [1.165, 1.54) is 45.3 Å². The Balaban J connectivity index is 4.11. The van der Waals surface area contributed by atoms with Crippen LogP contribution in [0.2, 0.25) is 0 Å². The minimum absolute atomic E-state index is 0.335. The van der Waals surface area contributed by atoms with Gasteiger partial charge >= 0.3 is 0 Å². The maximum Gasteiger partial charge on any atom is 0.102 e. The van der Waals surface area contributed by atoms with Gasteiger partial charge in [0.05, 0.1) is 26.2 Å². The average Bonchev–Trinajstić information content (AvgIpc) is 2.22. The van der Waals surface area contributed by atoms with E-state index >= 15 is 0 Å². The second kappa shape index (κ2) is 8.25.